The van der Waals surface area contributed by atoms with E-state index >= 15 is 0 Å². The summed E-state index contributed by atoms with van der Waals surface area (Å²) in [5.74, 6) is 5.66. The number of halogens is 4. The maximum atomic E-state index is 13.7. The first-order valence-corrected chi connectivity index (χ1v) is 17.1. The van der Waals surface area contributed by atoms with Crippen LogP contribution in [0.2, 0.25) is 0 Å². The van der Waals surface area contributed by atoms with Gasteiger partial charge in [-0.05, 0) is 54.8 Å². The van der Waals surface area contributed by atoms with Crippen LogP contribution in [0.5, 0.6) is 5.75 Å². The fourth-order valence-electron chi connectivity index (χ4n) is 6.48. The molecule has 0 atom stereocenters. The molecule has 3 heterocycles. The van der Waals surface area contributed by atoms with Gasteiger partial charge in [-0.1, -0.05) is 24.0 Å². The third-order valence-electron chi connectivity index (χ3n) is 8.72. The Labute approximate surface area is 263 Å². The minimum Gasteiger partial charge on any atom is -0.461 e. The molecule has 3 aromatic rings. The molecule has 14 heteroatoms. The second-order valence-electron chi connectivity index (χ2n) is 12.0. The van der Waals surface area contributed by atoms with Gasteiger partial charge in [0.1, 0.15) is 5.75 Å². The lowest BCUT2D eigenvalue weighted by molar-refractivity contribution is -0.200. The Morgan fingerprint density at radius 1 is 1.11 bits per heavy atom. The predicted molar refractivity (Wildman–Crippen MR) is 166 cm³/mol. The van der Waals surface area contributed by atoms with E-state index in [0.29, 0.717) is 21.7 Å². The third kappa shape index (κ3) is 7.18. The summed E-state index contributed by atoms with van der Waals surface area (Å²) in [6.45, 7) is 2.75. The number of sulfonamides is 1. The van der Waals surface area contributed by atoms with Crippen LogP contribution in [0.3, 0.4) is 0 Å². The number of fused-ring (bicyclic) bond motifs is 1. The number of ether oxygens (including phenoxy) is 2. The normalized spacial score (nSPS) is 21.4. The molecular formula is C31H34F4N4O4S2. The van der Waals surface area contributed by atoms with Crippen molar-refractivity contribution in [1.29, 1.82) is 0 Å². The number of nitrogens with two attached hydrogens (primary N) is 1. The van der Waals surface area contributed by atoms with E-state index in [4.69, 9.17) is 14.6 Å². The first-order valence-electron chi connectivity index (χ1n) is 14.7. The van der Waals surface area contributed by atoms with E-state index < -0.39 is 29.5 Å². The summed E-state index contributed by atoms with van der Waals surface area (Å²) in [4.78, 5) is 2.63. The van der Waals surface area contributed by atoms with E-state index in [9.17, 15) is 26.0 Å². The lowest BCUT2D eigenvalue weighted by Crippen LogP contribution is -2.68. The second kappa shape index (κ2) is 12.6. The SMILES string of the molecule is NS(=O)(=O)c1ccc(NCC#Cc2sc3c(NC4CCC(N5CC6(COC6)C5)CC4)cccc3c2CC(F)(F)F)c(OCF)c1. The number of thiophene rings is 1. The Morgan fingerprint density at radius 2 is 1.87 bits per heavy atom. The van der Waals surface area contributed by atoms with Crippen molar-refractivity contribution >= 4 is 42.8 Å². The van der Waals surface area contributed by atoms with Gasteiger partial charge in [-0.25, -0.2) is 17.9 Å². The van der Waals surface area contributed by atoms with Crippen molar-refractivity contribution in [3.05, 3.63) is 46.8 Å². The zero-order chi connectivity index (χ0) is 31.8. The molecule has 0 unspecified atom stereocenters. The van der Waals surface area contributed by atoms with Gasteiger partial charge in [-0.15, -0.1) is 11.3 Å². The molecule has 1 saturated carbocycles. The number of hydrogen-bond donors (Lipinski definition) is 3. The Morgan fingerprint density at radius 3 is 2.51 bits per heavy atom. The van der Waals surface area contributed by atoms with Gasteiger partial charge in [-0.2, -0.15) is 13.2 Å². The van der Waals surface area contributed by atoms with Crippen LogP contribution < -0.4 is 20.5 Å². The first-order chi connectivity index (χ1) is 21.4. The van der Waals surface area contributed by atoms with Gasteiger partial charge in [0.15, 0.2) is 0 Å². The lowest BCUT2D eigenvalue weighted by Gasteiger charge is -2.58. The summed E-state index contributed by atoms with van der Waals surface area (Å²) in [6.07, 6.45) is -1.37. The van der Waals surface area contributed by atoms with Gasteiger partial charge in [-0.3, -0.25) is 4.90 Å². The second-order valence-corrected chi connectivity index (χ2v) is 14.6. The third-order valence-corrected chi connectivity index (χ3v) is 10.8. The maximum absolute atomic E-state index is 13.7. The molecule has 2 aliphatic heterocycles. The molecule has 242 valence electrons. The van der Waals surface area contributed by atoms with Crippen LogP contribution in [0.4, 0.5) is 28.9 Å². The molecule has 2 saturated heterocycles. The molecule has 4 N–H and O–H groups in total. The van der Waals surface area contributed by atoms with Crippen LogP contribution in [0.1, 0.15) is 36.1 Å². The van der Waals surface area contributed by atoms with Crippen LogP contribution in [0, 0.1) is 17.3 Å². The van der Waals surface area contributed by atoms with Gasteiger partial charge < -0.3 is 20.1 Å². The molecule has 6 rings (SSSR count). The number of rotatable bonds is 9. The van der Waals surface area contributed by atoms with E-state index in [-0.39, 0.29) is 34.5 Å². The number of primary sulfonamides is 1. The fraction of sp³-hybridized carbons (Fsp3) is 0.484. The van der Waals surface area contributed by atoms with Crippen molar-refractivity contribution in [3.63, 3.8) is 0 Å². The topological polar surface area (TPSA) is 106 Å². The Hall–Kier alpha value is -3.09. The molecule has 0 amide bonds. The van der Waals surface area contributed by atoms with Crippen molar-refractivity contribution < 1.29 is 35.5 Å². The molecule has 2 aromatic carbocycles. The molecule has 0 bridgehead atoms. The monoisotopic (exact) mass is 666 g/mol. The molecule has 1 spiro atoms. The van der Waals surface area contributed by atoms with E-state index in [2.05, 4.69) is 27.4 Å². The van der Waals surface area contributed by atoms with E-state index in [0.717, 1.165) is 68.4 Å². The van der Waals surface area contributed by atoms with Crippen molar-refractivity contribution in [1.82, 2.24) is 4.90 Å². The van der Waals surface area contributed by atoms with Gasteiger partial charge in [0.05, 0.1) is 52.0 Å². The minimum atomic E-state index is -4.42. The summed E-state index contributed by atoms with van der Waals surface area (Å²) in [5.41, 5.74) is 1.59. The summed E-state index contributed by atoms with van der Waals surface area (Å²) in [6, 6.07) is 9.88. The average molecular weight is 667 g/mol. The standard InChI is InChI=1S/C31H34F4N4O4S2/c32-19-43-27-13-22(45(36,40)41)10-11-25(27)37-12-2-5-28-24(14-31(33,34)35)23-3-1-4-26(29(23)44-28)38-20-6-8-21(9-7-20)39-15-30(16-39)17-42-18-30/h1,3-4,10-11,13,20-21,37-38H,6-9,12,14-19H2,(H2,36,40,41). The van der Waals surface area contributed by atoms with E-state index in [1.807, 2.05) is 6.07 Å². The molecule has 45 heavy (non-hydrogen) atoms. The smallest absolute Gasteiger partial charge is 0.393 e. The summed E-state index contributed by atoms with van der Waals surface area (Å²) >= 11 is 1.23. The highest BCUT2D eigenvalue weighted by Crippen LogP contribution is 2.42. The van der Waals surface area contributed by atoms with Crippen LogP contribution in [-0.4, -0.2) is 71.3 Å². The predicted octanol–water partition coefficient (Wildman–Crippen LogP) is 5.48. The zero-order valence-electron chi connectivity index (χ0n) is 24.4. The van der Waals surface area contributed by atoms with Crippen LogP contribution in [-0.2, 0) is 21.2 Å². The highest BCUT2D eigenvalue weighted by atomic mass is 32.2. The average Bonchev–Trinajstić information content (AvgIpc) is 3.27. The minimum absolute atomic E-state index is 0.0173. The Balaban J connectivity index is 1.16. The molecule has 1 aromatic heterocycles. The Kier molecular flexibility index (Phi) is 8.93. The van der Waals surface area contributed by atoms with Gasteiger partial charge >= 0.3 is 6.18 Å². The van der Waals surface area contributed by atoms with Gasteiger partial charge in [0, 0.05) is 36.7 Å². The summed E-state index contributed by atoms with van der Waals surface area (Å²) in [5, 5.41) is 12.2. The summed E-state index contributed by atoms with van der Waals surface area (Å²) < 4.78 is 88.2. The summed E-state index contributed by atoms with van der Waals surface area (Å²) in [7, 11) is -4.03. The fourth-order valence-corrected chi connectivity index (χ4v) is 8.18. The molecule has 1 aliphatic carbocycles. The number of likely N-dealkylation sites (tertiary alicyclic amines) is 1. The first kappa shape index (κ1) is 31.9. The largest absolute Gasteiger partial charge is 0.461 e. The highest BCUT2D eigenvalue weighted by Gasteiger charge is 2.50. The van der Waals surface area contributed by atoms with E-state index in [1.165, 1.54) is 23.5 Å². The number of nitrogens with zero attached hydrogens (tertiary/aromatic N) is 1. The van der Waals surface area contributed by atoms with Crippen molar-refractivity contribution in [2.45, 2.75) is 55.3 Å². The number of nitrogens with one attached hydrogen (secondary N) is 2. The number of alkyl halides is 4. The molecule has 3 aliphatic rings. The van der Waals surface area contributed by atoms with Crippen molar-refractivity contribution in [3.8, 4) is 17.6 Å². The van der Waals surface area contributed by atoms with Crippen LogP contribution in [0.15, 0.2) is 41.3 Å². The molecule has 8 nitrogen and oxygen atoms in total. The van der Waals surface area contributed by atoms with Crippen molar-refractivity contribution in [2.24, 2.45) is 10.6 Å². The number of anilines is 2. The lowest BCUT2D eigenvalue weighted by atomic mass is 9.75. The molecular weight excluding hydrogens is 632 g/mol. The number of benzene rings is 2. The van der Waals surface area contributed by atoms with Crippen molar-refractivity contribution in [2.75, 3.05) is 50.3 Å². The van der Waals surface area contributed by atoms with E-state index in [1.54, 1.807) is 12.1 Å². The Bertz CT molecular complexity index is 1710. The molecule has 0 radical (unpaired) electrons. The maximum Gasteiger partial charge on any atom is 0.393 e. The van der Waals surface area contributed by atoms with Gasteiger partial charge in [0.2, 0.25) is 16.9 Å². The number of hydrogen-bond acceptors (Lipinski definition) is 8. The molecule has 3 fully saturated rings. The zero-order valence-corrected chi connectivity index (χ0v) is 26.0. The van der Waals surface area contributed by atoms with Crippen LogP contribution >= 0.6 is 11.3 Å². The van der Waals surface area contributed by atoms with Gasteiger partial charge in [0.25, 0.3) is 0 Å². The highest BCUT2D eigenvalue weighted by molar-refractivity contribution is 7.89. The van der Waals surface area contributed by atoms with Crippen LogP contribution in [0.25, 0.3) is 10.1 Å². The quantitative estimate of drug-likeness (QED) is 0.205.